The van der Waals surface area contributed by atoms with E-state index in [9.17, 15) is 0 Å². The van der Waals surface area contributed by atoms with Gasteiger partial charge in [0, 0.05) is 19.0 Å². The van der Waals surface area contributed by atoms with E-state index in [1.54, 1.807) is 0 Å². The minimum atomic E-state index is 0.297. The minimum absolute atomic E-state index is 0.297. The zero-order valence-electron chi connectivity index (χ0n) is 14.0. The third kappa shape index (κ3) is 3.15. The molecular formula is C17H30N4. The number of rotatable bonds is 3. The molecule has 0 radical (unpaired) electrons. The number of aromatic nitrogens is 3. The van der Waals surface area contributed by atoms with Gasteiger partial charge in [-0.15, -0.1) is 10.2 Å². The molecule has 1 aromatic heterocycles. The topological polar surface area (TPSA) is 42.7 Å². The van der Waals surface area contributed by atoms with Crippen LogP contribution in [-0.2, 0) is 13.0 Å². The molecule has 1 aliphatic heterocycles. The highest BCUT2D eigenvalue weighted by Gasteiger charge is 2.37. The molecule has 0 saturated heterocycles. The number of nitrogens with zero attached hydrogens (tertiary/aromatic N) is 3. The Balaban J connectivity index is 1.71. The molecule has 3 atom stereocenters. The van der Waals surface area contributed by atoms with Gasteiger partial charge in [-0.3, -0.25) is 0 Å². The fourth-order valence-electron chi connectivity index (χ4n) is 4.34. The Hall–Kier alpha value is -0.900. The molecular weight excluding hydrogens is 260 g/mol. The van der Waals surface area contributed by atoms with Crippen LogP contribution in [0.5, 0.6) is 0 Å². The SMILES string of the molecule is CC(NC1CC(C)(C)CC1C)c1nnc2n1CCCCC2. The van der Waals surface area contributed by atoms with Gasteiger partial charge in [0.25, 0.3) is 0 Å². The van der Waals surface area contributed by atoms with Gasteiger partial charge >= 0.3 is 0 Å². The Bertz CT molecular complexity index is 491. The van der Waals surface area contributed by atoms with Gasteiger partial charge in [-0.1, -0.05) is 27.2 Å². The van der Waals surface area contributed by atoms with Crippen LogP contribution in [0.15, 0.2) is 0 Å². The zero-order chi connectivity index (χ0) is 15.0. The highest BCUT2D eigenvalue weighted by Crippen LogP contribution is 2.41. The van der Waals surface area contributed by atoms with E-state index in [2.05, 4.69) is 47.8 Å². The molecule has 1 aromatic rings. The molecule has 21 heavy (non-hydrogen) atoms. The van der Waals surface area contributed by atoms with Crippen molar-refractivity contribution in [2.75, 3.05) is 0 Å². The van der Waals surface area contributed by atoms with Crippen molar-refractivity contribution in [2.45, 2.75) is 84.8 Å². The Labute approximate surface area is 128 Å². The predicted molar refractivity (Wildman–Crippen MR) is 85.1 cm³/mol. The minimum Gasteiger partial charge on any atom is -0.314 e. The van der Waals surface area contributed by atoms with Gasteiger partial charge < -0.3 is 9.88 Å². The molecule has 1 N–H and O–H groups in total. The van der Waals surface area contributed by atoms with Crippen molar-refractivity contribution in [3.8, 4) is 0 Å². The van der Waals surface area contributed by atoms with E-state index in [1.807, 2.05) is 0 Å². The van der Waals surface area contributed by atoms with Gasteiger partial charge in [0.15, 0.2) is 0 Å². The second kappa shape index (κ2) is 5.71. The normalized spacial score (nSPS) is 29.9. The highest BCUT2D eigenvalue weighted by atomic mass is 15.3. The van der Waals surface area contributed by atoms with Crippen LogP contribution in [0.3, 0.4) is 0 Å². The number of fused-ring (bicyclic) bond motifs is 1. The summed E-state index contributed by atoms with van der Waals surface area (Å²) in [6.07, 6.45) is 7.51. The molecule has 3 rings (SSSR count). The molecule has 1 fully saturated rings. The first kappa shape index (κ1) is 15.0. The summed E-state index contributed by atoms with van der Waals surface area (Å²) in [6.45, 7) is 10.5. The van der Waals surface area contributed by atoms with Crippen LogP contribution in [0, 0.1) is 11.3 Å². The summed E-state index contributed by atoms with van der Waals surface area (Å²) in [5, 5.41) is 12.8. The van der Waals surface area contributed by atoms with Gasteiger partial charge in [-0.25, -0.2) is 0 Å². The van der Waals surface area contributed by atoms with Crippen LogP contribution >= 0.6 is 0 Å². The molecule has 2 aliphatic rings. The van der Waals surface area contributed by atoms with Crippen molar-refractivity contribution in [3.05, 3.63) is 11.6 Å². The smallest absolute Gasteiger partial charge is 0.149 e. The van der Waals surface area contributed by atoms with Crippen molar-refractivity contribution in [1.82, 2.24) is 20.1 Å². The fourth-order valence-corrected chi connectivity index (χ4v) is 4.34. The van der Waals surface area contributed by atoms with Gasteiger partial charge in [-0.2, -0.15) is 0 Å². The maximum absolute atomic E-state index is 4.49. The van der Waals surface area contributed by atoms with Crippen LogP contribution in [0.1, 0.15) is 77.5 Å². The summed E-state index contributed by atoms with van der Waals surface area (Å²) in [5.74, 6) is 3.08. The predicted octanol–water partition coefficient (Wildman–Crippen LogP) is 3.48. The Morgan fingerprint density at radius 3 is 2.71 bits per heavy atom. The summed E-state index contributed by atoms with van der Waals surface area (Å²) in [5.41, 5.74) is 0.471. The number of hydrogen-bond acceptors (Lipinski definition) is 3. The summed E-state index contributed by atoms with van der Waals surface area (Å²) in [4.78, 5) is 0. The van der Waals surface area contributed by atoms with Crippen molar-refractivity contribution in [3.63, 3.8) is 0 Å². The largest absolute Gasteiger partial charge is 0.314 e. The van der Waals surface area contributed by atoms with E-state index >= 15 is 0 Å². The molecule has 0 amide bonds. The highest BCUT2D eigenvalue weighted by molar-refractivity contribution is 5.03. The van der Waals surface area contributed by atoms with Crippen molar-refractivity contribution in [2.24, 2.45) is 11.3 Å². The van der Waals surface area contributed by atoms with Gasteiger partial charge in [0.05, 0.1) is 6.04 Å². The molecule has 4 nitrogen and oxygen atoms in total. The third-order valence-electron chi connectivity index (χ3n) is 5.32. The van der Waals surface area contributed by atoms with Crippen molar-refractivity contribution in [1.29, 1.82) is 0 Å². The zero-order valence-corrected chi connectivity index (χ0v) is 14.0. The second-order valence-electron chi connectivity index (χ2n) is 7.98. The lowest BCUT2D eigenvalue weighted by molar-refractivity contribution is 0.351. The van der Waals surface area contributed by atoms with E-state index in [1.165, 1.54) is 37.9 Å². The average Bonchev–Trinajstić information content (AvgIpc) is 2.81. The lowest BCUT2D eigenvalue weighted by atomic mass is 9.91. The van der Waals surface area contributed by atoms with Crippen molar-refractivity contribution >= 4 is 0 Å². The molecule has 0 bridgehead atoms. The number of hydrogen-bond donors (Lipinski definition) is 1. The van der Waals surface area contributed by atoms with Gasteiger partial charge in [0.1, 0.15) is 11.6 Å². The number of aryl methyl sites for hydroxylation is 1. The lowest BCUT2D eigenvalue weighted by Gasteiger charge is -2.23. The summed E-state index contributed by atoms with van der Waals surface area (Å²) in [6, 6.07) is 0.902. The second-order valence-corrected chi connectivity index (χ2v) is 7.98. The van der Waals surface area contributed by atoms with Gasteiger partial charge in [0.2, 0.25) is 0 Å². The summed E-state index contributed by atoms with van der Waals surface area (Å²) in [7, 11) is 0. The quantitative estimate of drug-likeness (QED) is 0.926. The first-order valence-electron chi connectivity index (χ1n) is 8.64. The number of nitrogens with one attached hydrogen (secondary N) is 1. The van der Waals surface area contributed by atoms with Crippen LogP contribution in [0.4, 0.5) is 0 Å². The van der Waals surface area contributed by atoms with Crippen LogP contribution in [0.25, 0.3) is 0 Å². The Morgan fingerprint density at radius 2 is 2.00 bits per heavy atom. The Morgan fingerprint density at radius 1 is 1.19 bits per heavy atom. The molecule has 1 saturated carbocycles. The Kier molecular flexibility index (Phi) is 4.08. The average molecular weight is 290 g/mol. The van der Waals surface area contributed by atoms with Crippen LogP contribution in [-0.4, -0.2) is 20.8 Å². The van der Waals surface area contributed by atoms with E-state index in [-0.39, 0.29) is 0 Å². The molecule has 3 unspecified atom stereocenters. The first-order valence-corrected chi connectivity index (χ1v) is 8.64. The lowest BCUT2D eigenvalue weighted by Crippen LogP contribution is -2.35. The standard InChI is InChI=1S/C17H30N4/c1-12-10-17(3,4)11-14(12)18-13(2)16-20-19-15-8-6-5-7-9-21(15)16/h12-14,18H,5-11H2,1-4H3. The summed E-state index contributed by atoms with van der Waals surface area (Å²) >= 11 is 0. The monoisotopic (exact) mass is 290 g/mol. The van der Waals surface area contributed by atoms with Gasteiger partial charge in [-0.05, 0) is 43.9 Å². The van der Waals surface area contributed by atoms with Crippen LogP contribution < -0.4 is 5.32 Å². The van der Waals surface area contributed by atoms with Crippen LogP contribution in [0.2, 0.25) is 0 Å². The molecule has 0 aromatic carbocycles. The maximum atomic E-state index is 4.49. The molecule has 118 valence electrons. The van der Waals surface area contributed by atoms with Crippen molar-refractivity contribution < 1.29 is 0 Å². The molecule has 4 heteroatoms. The van der Waals surface area contributed by atoms with E-state index in [0.717, 1.165) is 24.7 Å². The molecule has 1 aliphatic carbocycles. The first-order chi connectivity index (χ1) is 9.96. The molecule has 0 spiro atoms. The van der Waals surface area contributed by atoms with E-state index in [4.69, 9.17) is 0 Å². The summed E-state index contributed by atoms with van der Waals surface area (Å²) < 4.78 is 2.37. The molecule has 2 heterocycles. The maximum Gasteiger partial charge on any atom is 0.149 e. The fraction of sp³-hybridized carbons (Fsp3) is 0.882. The van der Waals surface area contributed by atoms with E-state index < -0.39 is 0 Å². The van der Waals surface area contributed by atoms with E-state index in [0.29, 0.717) is 17.5 Å². The third-order valence-corrected chi connectivity index (χ3v) is 5.32.